The Morgan fingerprint density at radius 2 is 1.96 bits per heavy atom. The van der Waals surface area contributed by atoms with Crippen molar-refractivity contribution in [2.24, 2.45) is 0 Å². The van der Waals surface area contributed by atoms with Gasteiger partial charge in [-0.05, 0) is 47.8 Å². The zero-order valence-electron chi connectivity index (χ0n) is 15.1. The van der Waals surface area contributed by atoms with Gasteiger partial charge in [0.25, 0.3) is 11.5 Å². The molecule has 0 N–H and O–H groups in total. The van der Waals surface area contributed by atoms with Crippen molar-refractivity contribution in [2.75, 3.05) is 12.0 Å². The Balaban J connectivity index is 1.78. The lowest BCUT2D eigenvalue weighted by Crippen LogP contribution is -2.35. The zero-order chi connectivity index (χ0) is 19.5. The number of thiophene rings is 1. The molecular formula is C21H17N3O3S. The minimum atomic E-state index is -0.394. The number of hydrogen-bond acceptors (Lipinski definition) is 5. The maximum atomic E-state index is 13.3. The van der Waals surface area contributed by atoms with Crippen molar-refractivity contribution >= 4 is 28.6 Å². The van der Waals surface area contributed by atoms with Crippen LogP contribution in [0.5, 0.6) is 5.75 Å². The normalized spacial score (nSPS) is 10.8. The lowest BCUT2D eigenvalue weighted by Gasteiger charge is -2.22. The molecule has 0 radical (unpaired) electrons. The third kappa shape index (κ3) is 3.39. The molecule has 28 heavy (non-hydrogen) atoms. The molecule has 0 saturated carbocycles. The van der Waals surface area contributed by atoms with Gasteiger partial charge in [-0.1, -0.05) is 12.1 Å². The summed E-state index contributed by atoms with van der Waals surface area (Å²) in [5.41, 5.74) is 0.812. The van der Waals surface area contributed by atoms with Crippen LogP contribution in [0.4, 0.5) is 5.69 Å². The summed E-state index contributed by atoms with van der Waals surface area (Å²) in [5.74, 6) is 0.300. The monoisotopic (exact) mass is 391 g/mol. The summed E-state index contributed by atoms with van der Waals surface area (Å²) < 4.78 is 6.58. The van der Waals surface area contributed by atoms with E-state index in [9.17, 15) is 9.59 Å². The molecule has 1 aromatic carbocycles. The van der Waals surface area contributed by atoms with E-state index in [4.69, 9.17) is 4.74 Å². The van der Waals surface area contributed by atoms with E-state index in [0.29, 0.717) is 23.6 Å². The van der Waals surface area contributed by atoms with Gasteiger partial charge in [-0.25, -0.2) is 4.98 Å². The Kier molecular flexibility index (Phi) is 4.90. The molecule has 0 aliphatic heterocycles. The average molecular weight is 391 g/mol. The highest BCUT2D eigenvalue weighted by Gasteiger charge is 2.22. The van der Waals surface area contributed by atoms with E-state index in [0.717, 1.165) is 4.88 Å². The van der Waals surface area contributed by atoms with Gasteiger partial charge in [-0.15, -0.1) is 11.3 Å². The van der Waals surface area contributed by atoms with Gasteiger partial charge in [-0.3, -0.25) is 14.0 Å². The second-order valence-electron chi connectivity index (χ2n) is 6.07. The van der Waals surface area contributed by atoms with Gasteiger partial charge in [0.2, 0.25) is 0 Å². The van der Waals surface area contributed by atoms with Crippen molar-refractivity contribution in [2.45, 2.75) is 6.54 Å². The maximum Gasteiger partial charge on any atom is 0.270 e. The zero-order valence-corrected chi connectivity index (χ0v) is 15.9. The molecule has 140 valence electrons. The molecule has 0 bridgehead atoms. The number of rotatable bonds is 5. The molecule has 0 spiro atoms. The predicted octanol–water partition coefficient (Wildman–Crippen LogP) is 3.61. The second-order valence-corrected chi connectivity index (χ2v) is 7.11. The number of ether oxygens (including phenoxy) is 1. The number of anilines is 1. The summed E-state index contributed by atoms with van der Waals surface area (Å²) in [7, 11) is 1.59. The highest BCUT2D eigenvalue weighted by molar-refractivity contribution is 7.09. The third-order valence-electron chi connectivity index (χ3n) is 4.37. The molecule has 4 aromatic rings. The van der Waals surface area contributed by atoms with Crippen LogP contribution in [0.15, 0.2) is 77.2 Å². The van der Waals surface area contributed by atoms with Gasteiger partial charge in [0.15, 0.2) is 0 Å². The first-order valence-electron chi connectivity index (χ1n) is 8.62. The largest absolute Gasteiger partial charge is 0.497 e. The number of aromatic nitrogens is 2. The van der Waals surface area contributed by atoms with E-state index in [-0.39, 0.29) is 11.1 Å². The van der Waals surface area contributed by atoms with Gasteiger partial charge >= 0.3 is 0 Å². The minimum absolute atomic E-state index is 0.0241. The van der Waals surface area contributed by atoms with E-state index in [1.807, 2.05) is 17.5 Å². The highest BCUT2D eigenvalue weighted by Crippen LogP contribution is 2.24. The van der Waals surface area contributed by atoms with Crippen LogP contribution < -0.4 is 15.2 Å². The second kappa shape index (κ2) is 7.66. The molecule has 0 saturated heterocycles. The number of benzene rings is 1. The maximum absolute atomic E-state index is 13.3. The smallest absolute Gasteiger partial charge is 0.270 e. The predicted molar refractivity (Wildman–Crippen MR) is 109 cm³/mol. The van der Waals surface area contributed by atoms with Gasteiger partial charge in [0, 0.05) is 23.0 Å². The standard InChI is InChI=1S/C21H17N3O3S/c1-27-16-9-7-15(8-10-16)24(14-17-5-4-12-28-17)21(26)18-13-22-19-6-2-3-11-23(19)20(18)25/h2-13H,14H2,1H3. The van der Waals surface area contributed by atoms with Crippen LogP contribution in [0.25, 0.3) is 5.65 Å². The van der Waals surface area contributed by atoms with Crippen LogP contribution >= 0.6 is 11.3 Å². The Hall–Kier alpha value is -3.45. The van der Waals surface area contributed by atoms with E-state index >= 15 is 0 Å². The summed E-state index contributed by atoms with van der Waals surface area (Å²) in [4.78, 5) is 33.1. The third-order valence-corrected chi connectivity index (χ3v) is 5.23. The number of nitrogens with zero attached hydrogens (tertiary/aromatic N) is 3. The molecule has 7 heteroatoms. The molecule has 0 fully saturated rings. The summed E-state index contributed by atoms with van der Waals surface area (Å²) in [5, 5.41) is 1.96. The fraction of sp³-hybridized carbons (Fsp3) is 0.0952. The topological polar surface area (TPSA) is 63.9 Å². The number of hydrogen-bond donors (Lipinski definition) is 0. The van der Waals surface area contributed by atoms with E-state index in [2.05, 4.69) is 4.98 Å². The van der Waals surface area contributed by atoms with Crippen molar-refractivity contribution in [3.63, 3.8) is 0 Å². The summed E-state index contributed by atoms with van der Waals surface area (Å²) in [6, 6.07) is 16.3. The first kappa shape index (κ1) is 17.9. The molecule has 0 unspecified atom stereocenters. The number of pyridine rings is 1. The van der Waals surface area contributed by atoms with Gasteiger partial charge < -0.3 is 9.64 Å². The van der Waals surface area contributed by atoms with Crippen molar-refractivity contribution < 1.29 is 9.53 Å². The number of amides is 1. The summed E-state index contributed by atoms with van der Waals surface area (Å²) in [6.45, 7) is 0.361. The first-order chi connectivity index (χ1) is 13.7. The number of carbonyl (C=O) groups is 1. The summed E-state index contributed by atoms with van der Waals surface area (Å²) >= 11 is 1.56. The summed E-state index contributed by atoms with van der Waals surface area (Å²) in [6.07, 6.45) is 2.96. The van der Waals surface area contributed by atoms with Crippen LogP contribution in [-0.2, 0) is 6.54 Å². The lowest BCUT2D eigenvalue weighted by molar-refractivity contribution is 0.0983. The van der Waals surface area contributed by atoms with Crippen molar-refractivity contribution in [1.29, 1.82) is 0 Å². The molecule has 0 aliphatic rings. The van der Waals surface area contributed by atoms with Gasteiger partial charge in [0.1, 0.15) is 17.0 Å². The van der Waals surface area contributed by atoms with Crippen LogP contribution in [0.3, 0.4) is 0 Å². The molecule has 1 amide bonds. The number of fused-ring (bicyclic) bond motifs is 1. The number of methoxy groups -OCH3 is 1. The fourth-order valence-electron chi connectivity index (χ4n) is 2.92. The fourth-order valence-corrected chi connectivity index (χ4v) is 3.61. The molecule has 6 nitrogen and oxygen atoms in total. The number of carbonyl (C=O) groups excluding carboxylic acids is 1. The molecule has 0 atom stereocenters. The van der Waals surface area contributed by atoms with E-state index in [1.165, 1.54) is 10.6 Å². The van der Waals surface area contributed by atoms with Crippen LogP contribution in [0, 0.1) is 0 Å². The van der Waals surface area contributed by atoms with Crippen molar-refractivity contribution in [1.82, 2.24) is 9.38 Å². The molecule has 4 rings (SSSR count). The van der Waals surface area contributed by atoms with E-state index < -0.39 is 5.91 Å². The quantitative estimate of drug-likeness (QED) is 0.521. The Morgan fingerprint density at radius 3 is 2.68 bits per heavy atom. The lowest BCUT2D eigenvalue weighted by atomic mass is 10.2. The molecule has 0 aliphatic carbocycles. The average Bonchev–Trinajstić information content (AvgIpc) is 3.25. The molecule has 3 aromatic heterocycles. The minimum Gasteiger partial charge on any atom is -0.497 e. The highest BCUT2D eigenvalue weighted by atomic mass is 32.1. The van der Waals surface area contributed by atoms with E-state index in [1.54, 1.807) is 72.0 Å². The van der Waals surface area contributed by atoms with Crippen LogP contribution in [0.2, 0.25) is 0 Å². The Labute approximate surface area is 165 Å². The van der Waals surface area contributed by atoms with Crippen molar-refractivity contribution in [3.8, 4) is 5.75 Å². The van der Waals surface area contributed by atoms with Gasteiger partial charge in [0.05, 0.1) is 13.7 Å². The van der Waals surface area contributed by atoms with Crippen LogP contribution in [0.1, 0.15) is 15.2 Å². The van der Waals surface area contributed by atoms with Crippen molar-refractivity contribution in [3.05, 3.63) is 93.2 Å². The SMILES string of the molecule is COc1ccc(N(Cc2cccs2)C(=O)c2cnc3ccccn3c2=O)cc1. The Bertz CT molecular complexity index is 1170. The van der Waals surface area contributed by atoms with Gasteiger partial charge in [-0.2, -0.15) is 0 Å². The Morgan fingerprint density at radius 1 is 1.14 bits per heavy atom. The molecule has 3 heterocycles. The molecular weight excluding hydrogens is 374 g/mol. The first-order valence-corrected chi connectivity index (χ1v) is 9.50. The van der Waals surface area contributed by atoms with Crippen LogP contribution in [-0.4, -0.2) is 22.4 Å².